The summed E-state index contributed by atoms with van der Waals surface area (Å²) in [6.45, 7) is 4.85. The van der Waals surface area contributed by atoms with Gasteiger partial charge in [0.1, 0.15) is 24.5 Å². The first-order valence-electron chi connectivity index (χ1n) is 11.2. The summed E-state index contributed by atoms with van der Waals surface area (Å²) in [7, 11) is 0. The zero-order chi connectivity index (χ0) is 21.9. The Hall–Kier alpha value is -1.50. The molecular formula is C23H33FO6. The fourth-order valence-corrected chi connectivity index (χ4v) is 7.65. The first kappa shape index (κ1) is 21.7. The molecule has 0 aliphatic heterocycles. The van der Waals surface area contributed by atoms with Crippen molar-refractivity contribution in [2.75, 3.05) is 6.61 Å². The number of halogens is 1. The molecule has 0 aromatic rings. The van der Waals surface area contributed by atoms with Crippen LogP contribution in [0.1, 0.15) is 72.1 Å². The molecule has 0 radical (unpaired) electrons. The Bertz CT molecular complexity index is 754. The van der Waals surface area contributed by atoms with Crippen LogP contribution in [0.2, 0.25) is 0 Å². The van der Waals surface area contributed by atoms with Crippen molar-refractivity contribution in [3.63, 3.8) is 0 Å². The maximum Gasteiger partial charge on any atom is 0.302 e. The van der Waals surface area contributed by atoms with Crippen LogP contribution in [0.5, 0.6) is 0 Å². The molecule has 0 aromatic carbocycles. The summed E-state index contributed by atoms with van der Waals surface area (Å²) in [5.41, 5.74) is -2.94. The SMILES string of the molecule is CC(=O)OC[C@]12CC[C@H](F)C[C@]1(O)C(=O)C[C@H]1[C@@H]3CC[C@@H](OC(C)=O)[C@@]3(C)CC[C@@H]12. The molecule has 1 N–H and O–H groups in total. The lowest BCUT2D eigenvalue weighted by atomic mass is 9.43. The molecule has 30 heavy (non-hydrogen) atoms. The van der Waals surface area contributed by atoms with E-state index < -0.39 is 23.2 Å². The third kappa shape index (κ3) is 3.02. The predicted molar refractivity (Wildman–Crippen MR) is 105 cm³/mol. The molecule has 0 bridgehead atoms. The van der Waals surface area contributed by atoms with Gasteiger partial charge in [-0.15, -0.1) is 0 Å². The number of aliphatic hydroxyl groups is 1. The lowest BCUT2D eigenvalue weighted by Gasteiger charge is -2.63. The highest BCUT2D eigenvalue weighted by atomic mass is 19.1. The molecule has 0 aromatic heterocycles. The Labute approximate surface area is 176 Å². The van der Waals surface area contributed by atoms with E-state index in [1.807, 2.05) is 0 Å². The maximum absolute atomic E-state index is 14.3. The molecule has 0 unspecified atom stereocenters. The number of esters is 2. The van der Waals surface area contributed by atoms with Gasteiger partial charge in [-0.2, -0.15) is 0 Å². The monoisotopic (exact) mass is 424 g/mol. The van der Waals surface area contributed by atoms with Crippen molar-refractivity contribution in [1.82, 2.24) is 0 Å². The molecule has 4 aliphatic carbocycles. The summed E-state index contributed by atoms with van der Waals surface area (Å²) in [6, 6.07) is 0. The number of alkyl halides is 1. The van der Waals surface area contributed by atoms with E-state index in [2.05, 4.69) is 6.92 Å². The van der Waals surface area contributed by atoms with Gasteiger partial charge in [0.15, 0.2) is 5.78 Å². The maximum atomic E-state index is 14.3. The normalized spacial score (nSPS) is 47.6. The van der Waals surface area contributed by atoms with Gasteiger partial charge in [0.25, 0.3) is 0 Å². The molecule has 4 rings (SSSR count). The van der Waals surface area contributed by atoms with E-state index in [4.69, 9.17) is 9.47 Å². The zero-order valence-electron chi connectivity index (χ0n) is 18.1. The van der Waals surface area contributed by atoms with Crippen LogP contribution in [0.4, 0.5) is 4.39 Å². The van der Waals surface area contributed by atoms with E-state index in [1.165, 1.54) is 13.8 Å². The number of hydrogen-bond acceptors (Lipinski definition) is 6. The molecular weight excluding hydrogens is 391 g/mol. The van der Waals surface area contributed by atoms with Gasteiger partial charge in [0, 0.05) is 37.5 Å². The van der Waals surface area contributed by atoms with E-state index in [9.17, 15) is 23.9 Å². The number of carbonyl (C=O) groups is 3. The van der Waals surface area contributed by atoms with E-state index in [1.54, 1.807) is 0 Å². The summed E-state index contributed by atoms with van der Waals surface area (Å²) in [5, 5.41) is 11.6. The average Bonchev–Trinajstić information content (AvgIpc) is 2.97. The fourth-order valence-electron chi connectivity index (χ4n) is 7.65. The highest BCUT2D eigenvalue weighted by Gasteiger charge is 2.70. The molecule has 6 nitrogen and oxygen atoms in total. The Balaban J connectivity index is 1.71. The van der Waals surface area contributed by atoms with Gasteiger partial charge in [-0.1, -0.05) is 6.92 Å². The van der Waals surface area contributed by atoms with Crippen molar-refractivity contribution in [2.24, 2.45) is 28.6 Å². The topological polar surface area (TPSA) is 89.9 Å². The van der Waals surface area contributed by atoms with Crippen molar-refractivity contribution >= 4 is 17.7 Å². The minimum atomic E-state index is -1.79. The first-order chi connectivity index (χ1) is 14.0. The van der Waals surface area contributed by atoms with Crippen molar-refractivity contribution in [1.29, 1.82) is 0 Å². The van der Waals surface area contributed by atoms with Gasteiger partial charge in [-0.3, -0.25) is 14.4 Å². The second kappa shape index (κ2) is 7.28. The van der Waals surface area contributed by atoms with Gasteiger partial charge in [0.05, 0.1) is 0 Å². The average molecular weight is 425 g/mol. The van der Waals surface area contributed by atoms with Crippen molar-refractivity contribution < 1.29 is 33.4 Å². The van der Waals surface area contributed by atoms with Crippen molar-refractivity contribution in [3.05, 3.63) is 0 Å². The number of rotatable bonds is 3. The standard InChI is InChI=1S/C23H33FO6/c1-13(25)29-12-22-9-6-15(24)11-23(22,28)19(27)10-16-17-4-5-20(30-14(2)26)21(17,3)8-7-18(16)22/h15-18,20,28H,4-12H2,1-3H3/t15-,16-,17-,18-,20+,21-,22-,23-/m0/s1. The highest BCUT2D eigenvalue weighted by Crippen LogP contribution is 2.67. The predicted octanol–water partition coefficient (Wildman–Crippen LogP) is 3.14. The van der Waals surface area contributed by atoms with Crippen LogP contribution < -0.4 is 0 Å². The molecule has 0 heterocycles. The smallest absolute Gasteiger partial charge is 0.302 e. The number of fused-ring (bicyclic) bond motifs is 5. The van der Waals surface area contributed by atoms with Gasteiger partial charge in [0.2, 0.25) is 0 Å². The molecule has 168 valence electrons. The van der Waals surface area contributed by atoms with Crippen LogP contribution >= 0.6 is 0 Å². The van der Waals surface area contributed by atoms with Crippen molar-refractivity contribution in [3.8, 4) is 0 Å². The van der Waals surface area contributed by atoms with Crippen LogP contribution in [0.3, 0.4) is 0 Å². The number of Topliss-reactive ketones (excluding diaryl/α,β-unsaturated/α-hetero) is 1. The van der Waals surface area contributed by atoms with Crippen LogP contribution in [-0.2, 0) is 23.9 Å². The van der Waals surface area contributed by atoms with Crippen molar-refractivity contribution in [2.45, 2.75) is 90.0 Å². The molecule has 0 amide bonds. The summed E-state index contributed by atoms with van der Waals surface area (Å²) in [5.74, 6) is -0.888. The molecule has 0 saturated heterocycles. The fraction of sp³-hybridized carbons (Fsp3) is 0.870. The number of carbonyl (C=O) groups excluding carboxylic acids is 3. The summed E-state index contributed by atoms with van der Waals surface area (Å²) >= 11 is 0. The number of ketones is 1. The van der Waals surface area contributed by atoms with Gasteiger partial charge >= 0.3 is 11.9 Å². The molecule has 4 aliphatic rings. The number of ether oxygens (including phenoxy) is 2. The Morgan fingerprint density at radius 1 is 1.10 bits per heavy atom. The zero-order valence-corrected chi connectivity index (χ0v) is 18.1. The van der Waals surface area contributed by atoms with E-state index >= 15 is 0 Å². The molecule has 7 heteroatoms. The van der Waals surface area contributed by atoms with Crippen LogP contribution in [0.15, 0.2) is 0 Å². The second-order valence-corrected chi connectivity index (χ2v) is 10.4. The Kier molecular flexibility index (Phi) is 5.27. The summed E-state index contributed by atoms with van der Waals surface area (Å²) in [6.07, 6.45) is 2.38. The molecule has 4 fully saturated rings. The molecule has 4 saturated carbocycles. The molecule has 0 spiro atoms. The Morgan fingerprint density at radius 3 is 2.50 bits per heavy atom. The Morgan fingerprint density at radius 2 is 1.83 bits per heavy atom. The number of hydrogen-bond donors (Lipinski definition) is 1. The van der Waals surface area contributed by atoms with Crippen LogP contribution in [0, 0.1) is 28.6 Å². The summed E-state index contributed by atoms with van der Waals surface area (Å²) < 4.78 is 25.4. The quantitative estimate of drug-likeness (QED) is 0.700. The van der Waals surface area contributed by atoms with Gasteiger partial charge in [-0.25, -0.2) is 4.39 Å². The third-order valence-electron chi connectivity index (χ3n) is 9.03. The second-order valence-electron chi connectivity index (χ2n) is 10.4. The highest BCUT2D eigenvalue weighted by molar-refractivity contribution is 5.90. The van der Waals surface area contributed by atoms with E-state index in [-0.39, 0.29) is 66.9 Å². The van der Waals surface area contributed by atoms with E-state index in [0.29, 0.717) is 6.42 Å². The lowest BCUT2D eigenvalue weighted by molar-refractivity contribution is -0.230. The molecule has 8 atom stereocenters. The summed E-state index contributed by atoms with van der Waals surface area (Å²) in [4.78, 5) is 36.6. The minimum absolute atomic E-state index is 0.0174. The van der Waals surface area contributed by atoms with E-state index in [0.717, 1.165) is 25.7 Å². The minimum Gasteiger partial charge on any atom is -0.465 e. The van der Waals surface area contributed by atoms with Crippen LogP contribution in [-0.4, -0.2) is 47.3 Å². The van der Waals surface area contributed by atoms with Gasteiger partial charge < -0.3 is 14.6 Å². The third-order valence-corrected chi connectivity index (χ3v) is 9.03. The first-order valence-corrected chi connectivity index (χ1v) is 11.2. The largest absolute Gasteiger partial charge is 0.465 e. The van der Waals surface area contributed by atoms with Crippen LogP contribution in [0.25, 0.3) is 0 Å². The lowest BCUT2D eigenvalue weighted by Crippen LogP contribution is -2.69. The van der Waals surface area contributed by atoms with Gasteiger partial charge in [-0.05, 0) is 56.3 Å².